The number of hydrogen-bond acceptors (Lipinski definition) is 4. The molecule has 45 heavy (non-hydrogen) atoms. The van der Waals surface area contributed by atoms with Crippen molar-refractivity contribution in [1.82, 2.24) is 9.97 Å². The lowest BCUT2D eigenvalue weighted by Crippen LogP contribution is -2.24. The first kappa shape index (κ1) is 32.4. The molecule has 2 bridgehead atoms. The second-order valence-electron chi connectivity index (χ2n) is 13.4. The van der Waals surface area contributed by atoms with E-state index >= 15 is 0 Å². The zero-order chi connectivity index (χ0) is 30.0. The van der Waals surface area contributed by atoms with Gasteiger partial charge in [-0.2, -0.15) is 0 Å². The lowest BCUT2D eigenvalue weighted by molar-refractivity contribution is 0.433. The molecule has 238 valence electrons. The Labute approximate surface area is 284 Å². The Morgan fingerprint density at radius 1 is 0.733 bits per heavy atom. The molecule has 0 saturated carbocycles. The van der Waals surface area contributed by atoms with Crippen LogP contribution in [0, 0.1) is 5.92 Å². The molecule has 2 atom stereocenters. The first-order valence-corrected chi connectivity index (χ1v) is 17.7. The summed E-state index contributed by atoms with van der Waals surface area (Å²) in [5, 5.41) is 11.7. The summed E-state index contributed by atoms with van der Waals surface area (Å²) >= 11 is 12.7. The van der Waals surface area contributed by atoms with Crippen molar-refractivity contribution in [3.63, 3.8) is 0 Å². The minimum Gasteiger partial charge on any atom is -0.384 e. The summed E-state index contributed by atoms with van der Waals surface area (Å²) in [4.78, 5) is 10.1. The topological polar surface area (TPSA) is 49.8 Å². The van der Waals surface area contributed by atoms with Crippen LogP contribution in [0.5, 0.6) is 0 Å². The average Bonchev–Trinajstić information content (AvgIpc) is 3.00. The van der Waals surface area contributed by atoms with Gasteiger partial charge in [0, 0.05) is 62.2 Å². The Morgan fingerprint density at radius 3 is 2.04 bits per heavy atom. The molecule has 0 aliphatic heterocycles. The molecule has 0 spiro atoms. The lowest BCUT2D eigenvalue weighted by atomic mass is 9.71. The number of anilines is 2. The largest absolute Gasteiger partial charge is 0.384 e. The molecule has 4 nitrogen and oxygen atoms in total. The predicted octanol–water partition coefficient (Wildman–Crippen LogP) is 11.3. The van der Waals surface area contributed by atoms with E-state index in [-0.39, 0.29) is 12.4 Å². The van der Waals surface area contributed by atoms with Crippen LogP contribution in [0.4, 0.5) is 11.4 Å². The molecule has 7 rings (SSSR count). The number of nitrogens with zero attached hydrogens (tertiary/aromatic N) is 2. The van der Waals surface area contributed by atoms with Gasteiger partial charge < -0.3 is 10.6 Å². The highest BCUT2D eigenvalue weighted by atomic mass is 35.5. The highest BCUT2D eigenvalue weighted by molar-refractivity contribution is 6.31. The SMILES string of the molecule is CC1=CC2Cc3nc4cc(Cl)ccc4c(NCCCCCCCCNc4c5c(nc6cc(Cl)ccc46)CCCC5)c3C(C1)C2.Cl. The van der Waals surface area contributed by atoms with Gasteiger partial charge in [-0.25, -0.2) is 0 Å². The first-order valence-electron chi connectivity index (χ1n) is 16.9. The van der Waals surface area contributed by atoms with E-state index < -0.39 is 0 Å². The monoisotopic (exact) mass is 662 g/mol. The number of rotatable bonds is 11. The predicted molar refractivity (Wildman–Crippen MR) is 195 cm³/mol. The van der Waals surface area contributed by atoms with Crippen LogP contribution >= 0.6 is 35.6 Å². The Hall–Kier alpha value is -2.53. The van der Waals surface area contributed by atoms with Gasteiger partial charge in [-0.15, -0.1) is 12.4 Å². The van der Waals surface area contributed by atoms with Crippen molar-refractivity contribution in [3.8, 4) is 0 Å². The molecule has 3 aliphatic rings. The maximum Gasteiger partial charge on any atom is 0.0741 e. The molecule has 2 aromatic heterocycles. The number of unbranched alkanes of at least 4 members (excludes halogenated alkanes) is 5. The van der Waals surface area contributed by atoms with Crippen LogP contribution in [-0.4, -0.2) is 23.1 Å². The maximum absolute atomic E-state index is 6.38. The molecule has 2 unspecified atom stereocenters. The Morgan fingerprint density at radius 2 is 1.33 bits per heavy atom. The summed E-state index contributed by atoms with van der Waals surface area (Å²) < 4.78 is 0. The molecule has 0 amide bonds. The Bertz CT molecular complexity index is 1720. The van der Waals surface area contributed by atoms with E-state index in [1.165, 1.54) is 108 Å². The number of halogens is 3. The second kappa shape index (κ2) is 14.5. The van der Waals surface area contributed by atoms with E-state index in [2.05, 4.69) is 35.8 Å². The van der Waals surface area contributed by atoms with Gasteiger partial charge in [0.15, 0.2) is 0 Å². The third-order valence-corrected chi connectivity index (χ3v) is 10.5. The van der Waals surface area contributed by atoms with E-state index in [1.807, 2.05) is 24.3 Å². The molecule has 2 aromatic carbocycles. The van der Waals surface area contributed by atoms with Crippen LogP contribution in [0.1, 0.15) is 99.6 Å². The summed E-state index contributed by atoms with van der Waals surface area (Å²) in [7, 11) is 0. The summed E-state index contributed by atoms with van der Waals surface area (Å²) in [6.07, 6.45) is 18.1. The van der Waals surface area contributed by atoms with Gasteiger partial charge in [0.2, 0.25) is 0 Å². The van der Waals surface area contributed by atoms with Gasteiger partial charge in [-0.1, -0.05) is 60.5 Å². The number of hydrogen-bond donors (Lipinski definition) is 2. The van der Waals surface area contributed by atoms with Gasteiger partial charge in [-0.3, -0.25) is 9.97 Å². The summed E-state index contributed by atoms with van der Waals surface area (Å²) in [6.45, 7) is 4.31. The number of allylic oxidation sites excluding steroid dienone is 2. The summed E-state index contributed by atoms with van der Waals surface area (Å²) in [5.41, 5.74) is 11.7. The number of benzene rings is 2. The van der Waals surface area contributed by atoms with E-state index in [1.54, 1.807) is 0 Å². The van der Waals surface area contributed by atoms with Crippen molar-refractivity contribution >= 4 is 68.8 Å². The van der Waals surface area contributed by atoms with E-state index in [0.29, 0.717) is 11.8 Å². The molecule has 2 N–H and O–H groups in total. The number of aromatic nitrogens is 2. The molecule has 0 fully saturated rings. The van der Waals surface area contributed by atoms with Crippen molar-refractivity contribution in [1.29, 1.82) is 0 Å². The number of aryl methyl sites for hydroxylation is 1. The maximum atomic E-state index is 6.38. The normalized spacial score (nSPS) is 18.6. The molecular formula is C38H45Cl3N4. The van der Waals surface area contributed by atoms with Crippen molar-refractivity contribution in [2.24, 2.45) is 5.92 Å². The van der Waals surface area contributed by atoms with Gasteiger partial charge in [0.25, 0.3) is 0 Å². The Kier molecular flexibility index (Phi) is 10.4. The molecule has 4 aromatic rings. The van der Waals surface area contributed by atoms with E-state index in [9.17, 15) is 0 Å². The molecule has 2 heterocycles. The quantitative estimate of drug-likeness (QED) is 0.124. The summed E-state index contributed by atoms with van der Waals surface area (Å²) in [6, 6.07) is 12.3. The van der Waals surface area contributed by atoms with E-state index in [4.69, 9.17) is 33.2 Å². The summed E-state index contributed by atoms with van der Waals surface area (Å²) in [5.74, 6) is 1.20. The fraction of sp³-hybridized carbons (Fsp3) is 0.474. The third kappa shape index (κ3) is 7.09. The highest BCUT2D eigenvalue weighted by Gasteiger charge is 2.33. The van der Waals surface area contributed by atoms with E-state index in [0.717, 1.165) is 59.9 Å². The van der Waals surface area contributed by atoms with Gasteiger partial charge in [-0.05, 0) is 119 Å². The van der Waals surface area contributed by atoms with Crippen LogP contribution in [0.15, 0.2) is 48.0 Å². The van der Waals surface area contributed by atoms with Crippen LogP contribution in [0.2, 0.25) is 10.0 Å². The number of nitrogens with one attached hydrogen (secondary N) is 2. The van der Waals surface area contributed by atoms with Crippen LogP contribution in [0.3, 0.4) is 0 Å². The minimum absolute atomic E-state index is 0. The average molecular weight is 664 g/mol. The minimum atomic E-state index is 0. The van der Waals surface area contributed by atoms with Crippen LogP contribution < -0.4 is 10.6 Å². The van der Waals surface area contributed by atoms with Crippen molar-refractivity contribution in [2.45, 2.75) is 96.3 Å². The van der Waals surface area contributed by atoms with Gasteiger partial charge in [0.05, 0.1) is 11.0 Å². The van der Waals surface area contributed by atoms with Crippen molar-refractivity contribution in [2.75, 3.05) is 23.7 Å². The zero-order valence-corrected chi connectivity index (χ0v) is 28.7. The zero-order valence-electron chi connectivity index (χ0n) is 26.4. The second-order valence-corrected chi connectivity index (χ2v) is 14.3. The molecule has 0 saturated heterocycles. The first-order chi connectivity index (χ1) is 21.5. The molecule has 7 heteroatoms. The Balaban J connectivity index is 0.00000357. The van der Waals surface area contributed by atoms with Gasteiger partial charge in [0.1, 0.15) is 0 Å². The fourth-order valence-corrected chi connectivity index (χ4v) is 8.39. The van der Waals surface area contributed by atoms with Crippen molar-refractivity contribution in [3.05, 3.63) is 80.6 Å². The molecular weight excluding hydrogens is 619 g/mol. The number of pyridine rings is 2. The van der Waals surface area contributed by atoms with Crippen LogP contribution in [0.25, 0.3) is 21.8 Å². The van der Waals surface area contributed by atoms with Crippen molar-refractivity contribution < 1.29 is 0 Å². The lowest BCUT2D eigenvalue weighted by Gasteiger charge is -2.36. The standard InChI is InChI=1S/C38H44Cl2N4.ClH/c1-24-18-25-20-26(19-24)36-35(21-25)44-34-23-28(40)13-15-31(34)38(36)42-17-9-5-3-2-4-8-16-41-37-29-10-6-7-11-32(29)43-33-22-27(39)12-14-30(33)37;/h12-15,18,22-23,25-26H,2-11,16-17,19-21H2,1H3,(H,41,43)(H,42,44);1H. The van der Waals surface area contributed by atoms with Gasteiger partial charge >= 0.3 is 0 Å². The fourth-order valence-electron chi connectivity index (χ4n) is 8.06. The van der Waals surface area contributed by atoms with Crippen LogP contribution in [-0.2, 0) is 19.3 Å². The number of fused-ring (bicyclic) bond motifs is 7. The highest BCUT2D eigenvalue weighted by Crippen LogP contribution is 2.47. The molecule has 0 radical (unpaired) electrons. The molecule has 3 aliphatic carbocycles. The third-order valence-electron chi connectivity index (χ3n) is 10.0. The smallest absolute Gasteiger partial charge is 0.0741 e.